The standard InChI is InChI=1S/C21H29N3O6/c1-13(2)17(19(26)24-11-7-10-16(24)20(27)28)23-18(25)14(3)22-21(29)30-12-15-8-5-4-6-9-15/h4-6,8-9,13-14,16-17H,7,10-12H2,1-3H3,(H,22,29)(H,23,25)(H,27,28). The second-order valence-electron chi connectivity index (χ2n) is 7.69. The highest BCUT2D eigenvalue weighted by Crippen LogP contribution is 2.20. The lowest BCUT2D eigenvalue weighted by atomic mass is 10.0. The molecule has 1 fully saturated rings. The third-order valence-corrected chi connectivity index (χ3v) is 4.99. The molecule has 0 bridgehead atoms. The first kappa shape index (κ1) is 23.2. The molecule has 1 aliphatic heterocycles. The molecule has 3 amide bonds. The van der Waals surface area contributed by atoms with E-state index in [2.05, 4.69) is 10.6 Å². The molecule has 9 heteroatoms. The van der Waals surface area contributed by atoms with Gasteiger partial charge in [-0.1, -0.05) is 44.2 Å². The van der Waals surface area contributed by atoms with Gasteiger partial charge in [-0.3, -0.25) is 9.59 Å². The van der Waals surface area contributed by atoms with Crippen LogP contribution in [0.2, 0.25) is 0 Å². The topological polar surface area (TPSA) is 125 Å². The lowest BCUT2D eigenvalue weighted by Gasteiger charge is -2.30. The molecule has 1 saturated heterocycles. The second kappa shape index (κ2) is 10.6. The molecule has 3 atom stereocenters. The normalized spacial score (nSPS) is 17.9. The number of carboxylic acid groups (broad SMARTS) is 1. The molecule has 0 aromatic heterocycles. The monoisotopic (exact) mass is 419 g/mol. The summed E-state index contributed by atoms with van der Waals surface area (Å²) >= 11 is 0. The summed E-state index contributed by atoms with van der Waals surface area (Å²) in [6.07, 6.45) is 0.247. The van der Waals surface area contributed by atoms with E-state index < -0.39 is 42.0 Å². The van der Waals surface area contributed by atoms with E-state index in [0.717, 1.165) is 5.56 Å². The molecule has 0 radical (unpaired) electrons. The number of aliphatic carboxylic acids is 1. The van der Waals surface area contributed by atoms with Gasteiger partial charge in [0.25, 0.3) is 0 Å². The highest BCUT2D eigenvalue weighted by Gasteiger charge is 2.39. The number of hydrogen-bond acceptors (Lipinski definition) is 5. The van der Waals surface area contributed by atoms with Crippen LogP contribution in [0.1, 0.15) is 39.2 Å². The zero-order valence-corrected chi connectivity index (χ0v) is 17.5. The Morgan fingerprint density at radius 2 is 1.80 bits per heavy atom. The van der Waals surface area contributed by atoms with Crippen molar-refractivity contribution in [2.45, 2.75) is 58.3 Å². The number of amides is 3. The first-order valence-electron chi connectivity index (χ1n) is 10.0. The lowest BCUT2D eigenvalue weighted by molar-refractivity contribution is -0.150. The van der Waals surface area contributed by atoms with Gasteiger partial charge in [0, 0.05) is 6.54 Å². The van der Waals surface area contributed by atoms with E-state index in [1.54, 1.807) is 13.8 Å². The van der Waals surface area contributed by atoms with Gasteiger partial charge >= 0.3 is 12.1 Å². The number of nitrogens with zero attached hydrogens (tertiary/aromatic N) is 1. The molecular formula is C21H29N3O6. The SMILES string of the molecule is CC(NC(=O)OCc1ccccc1)C(=O)NC(C(=O)N1CCCC1C(=O)O)C(C)C. The van der Waals surface area contributed by atoms with Gasteiger partial charge in [0.15, 0.2) is 0 Å². The van der Waals surface area contributed by atoms with E-state index in [-0.39, 0.29) is 12.5 Å². The van der Waals surface area contributed by atoms with Crippen LogP contribution < -0.4 is 10.6 Å². The summed E-state index contributed by atoms with van der Waals surface area (Å²) in [5.74, 6) is -2.29. The van der Waals surface area contributed by atoms with Crippen molar-refractivity contribution in [3.63, 3.8) is 0 Å². The molecule has 0 aliphatic carbocycles. The molecule has 1 aliphatic rings. The van der Waals surface area contributed by atoms with Gasteiger partial charge in [-0.2, -0.15) is 0 Å². The molecule has 3 unspecified atom stereocenters. The Labute approximate surface area is 175 Å². The van der Waals surface area contributed by atoms with Gasteiger partial charge in [0.2, 0.25) is 11.8 Å². The van der Waals surface area contributed by atoms with Crippen LogP contribution in [0, 0.1) is 5.92 Å². The summed E-state index contributed by atoms with van der Waals surface area (Å²) < 4.78 is 5.10. The Bertz CT molecular complexity index is 767. The zero-order valence-electron chi connectivity index (χ0n) is 17.5. The summed E-state index contributed by atoms with van der Waals surface area (Å²) in [4.78, 5) is 50.1. The fourth-order valence-electron chi connectivity index (χ4n) is 3.26. The fraction of sp³-hybridized carbons (Fsp3) is 0.524. The lowest BCUT2D eigenvalue weighted by Crippen LogP contribution is -2.56. The van der Waals surface area contributed by atoms with Crippen molar-refractivity contribution in [2.75, 3.05) is 6.54 Å². The smallest absolute Gasteiger partial charge is 0.408 e. The van der Waals surface area contributed by atoms with Crippen molar-refractivity contribution in [3.8, 4) is 0 Å². The minimum atomic E-state index is -1.05. The maximum atomic E-state index is 12.9. The van der Waals surface area contributed by atoms with Crippen LogP contribution in [0.25, 0.3) is 0 Å². The van der Waals surface area contributed by atoms with Crippen LogP contribution >= 0.6 is 0 Å². The van der Waals surface area contributed by atoms with Crippen molar-refractivity contribution in [3.05, 3.63) is 35.9 Å². The number of nitrogens with one attached hydrogen (secondary N) is 2. The van der Waals surface area contributed by atoms with Crippen molar-refractivity contribution in [1.82, 2.24) is 15.5 Å². The second-order valence-corrected chi connectivity index (χ2v) is 7.69. The first-order chi connectivity index (χ1) is 14.2. The Morgan fingerprint density at radius 1 is 1.13 bits per heavy atom. The van der Waals surface area contributed by atoms with E-state index in [1.165, 1.54) is 11.8 Å². The predicted molar refractivity (Wildman–Crippen MR) is 108 cm³/mol. The van der Waals surface area contributed by atoms with Crippen molar-refractivity contribution in [1.29, 1.82) is 0 Å². The maximum Gasteiger partial charge on any atom is 0.408 e. The summed E-state index contributed by atoms with van der Waals surface area (Å²) in [6, 6.07) is 6.42. The van der Waals surface area contributed by atoms with Crippen molar-refractivity contribution >= 4 is 23.9 Å². The number of likely N-dealkylation sites (tertiary alicyclic amines) is 1. The Balaban J connectivity index is 1.91. The Kier molecular flexibility index (Phi) is 8.20. The number of carboxylic acids is 1. The molecule has 1 aromatic carbocycles. The van der Waals surface area contributed by atoms with Crippen LogP contribution in [0.3, 0.4) is 0 Å². The van der Waals surface area contributed by atoms with Gasteiger partial charge in [-0.15, -0.1) is 0 Å². The van der Waals surface area contributed by atoms with E-state index in [9.17, 15) is 24.3 Å². The number of benzene rings is 1. The summed E-state index contributed by atoms with van der Waals surface area (Å²) in [5.41, 5.74) is 0.814. The minimum absolute atomic E-state index is 0.0691. The molecule has 0 spiro atoms. The Morgan fingerprint density at radius 3 is 2.40 bits per heavy atom. The van der Waals surface area contributed by atoms with E-state index >= 15 is 0 Å². The molecule has 9 nitrogen and oxygen atoms in total. The first-order valence-corrected chi connectivity index (χ1v) is 10.0. The van der Waals surface area contributed by atoms with Gasteiger partial charge in [0.1, 0.15) is 24.7 Å². The summed E-state index contributed by atoms with van der Waals surface area (Å²) in [6.45, 7) is 5.42. The van der Waals surface area contributed by atoms with Gasteiger partial charge < -0.3 is 25.4 Å². The average molecular weight is 419 g/mol. The van der Waals surface area contributed by atoms with E-state index in [4.69, 9.17) is 4.74 Å². The highest BCUT2D eigenvalue weighted by atomic mass is 16.5. The maximum absolute atomic E-state index is 12.9. The van der Waals surface area contributed by atoms with Crippen LogP contribution in [-0.4, -0.2) is 58.6 Å². The van der Waals surface area contributed by atoms with Crippen LogP contribution in [0.4, 0.5) is 4.79 Å². The summed E-state index contributed by atoms with van der Waals surface area (Å²) in [5, 5.41) is 14.4. The molecule has 30 heavy (non-hydrogen) atoms. The molecule has 0 saturated carbocycles. The largest absolute Gasteiger partial charge is 0.480 e. The molecule has 164 valence electrons. The van der Waals surface area contributed by atoms with E-state index in [1.807, 2.05) is 30.3 Å². The molecule has 3 N–H and O–H groups in total. The number of hydrogen-bond donors (Lipinski definition) is 3. The zero-order chi connectivity index (χ0) is 22.3. The van der Waals surface area contributed by atoms with Gasteiger partial charge in [0.05, 0.1) is 0 Å². The van der Waals surface area contributed by atoms with Gasteiger partial charge in [-0.05, 0) is 31.2 Å². The van der Waals surface area contributed by atoms with Gasteiger partial charge in [-0.25, -0.2) is 9.59 Å². The van der Waals surface area contributed by atoms with Crippen LogP contribution in [0.5, 0.6) is 0 Å². The fourth-order valence-corrected chi connectivity index (χ4v) is 3.26. The number of carbonyl (C=O) groups excluding carboxylic acids is 3. The molecule has 2 rings (SSSR count). The molecular weight excluding hydrogens is 390 g/mol. The third kappa shape index (κ3) is 6.20. The third-order valence-electron chi connectivity index (χ3n) is 4.99. The average Bonchev–Trinajstić information content (AvgIpc) is 3.20. The molecule has 1 aromatic rings. The van der Waals surface area contributed by atoms with E-state index in [0.29, 0.717) is 19.4 Å². The number of ether oxygens (including phenoxy) is 1. The number of carbonyl (C=O) groups is 4. The quantitative estimate of drug-likeness (QED) is 0.587. The number of rotatable bonds is 8. The minimum Gasteiger partial charge on any atom is -0.480 e. The van der Waals surface area contributed by atoms with Crippen molar-refractivity contribution in [2.24, 2.45) is 5.92 Å². The predicted octanol–water partition coefficient (Wildman–Crippen LogP) is 1.52. The van der Waals surface area contributed by atoms with Crippen LogP contribution in [0.15, 0.2) is 30.3 Å². The van der Waals surface area contributed by atoms with Crippen LogP contribution in [-0.2, 0) is 25.7 Å². The Hall–Kier alpha value is -3.10. The highest BCUT2D eigenvalue weighted by molar-refractivity contribution is 5.93. The molecule has 1 heterocycles. The summed E-state index contributed by atoms with van der Waals surface area (Å²) in [7, 11) is 0. The van der Waals surface area contributed by atoms with Crippen molar-refractivity contribution < 1.29 is 29.0 Å². The number of alkyl carbamates (subject to hydrolysis) is 1.